The number of benzene rings is 1. The Morgan fingerprint density at radius 3 is 2.67 bits per heavy atom. The van der Waals surface area contributed by atoms with Crippen LogP contribution < -0.4 is 5.32 Å². The highest BCUT2D eigenvalue weighted by Gasteiger charge is 2.21. The van der Waals surface area contributed by atoms with Gasteiger partial charge in [0, 0.05) is 12.6 Å². The molecule has 0 spiro atoms. The molecule has 0 unspecified atom stereocenters. The highest BCUT2D eigenvalue weighted by atomic mass is 19.1. The number of carbonyl (C=O) groups is 2. The first-order valence-corrected chi connectivity index (χ1v) is 6.34. The first kappa shape index (κ1) is 16.4. The topological polar surface area (TPSA) is 93.4 Å². The minimum Gasteiger partial charge on any atom is -0.478 e. The van der Waals surface area contributed by atoms with Gasteiger partial charge in [0.05, 0.1) is 23.7 Å². The van der Waals surface area contributed by atoms with Gasteiger partial charge < -0.3 is 15.3 Å². The predicted molar refractivity (Wildman–Crippen MR) is 74.5 cm³/mol. The Morgan fingerprint density at radius 1 is 1.48 bits per heavy atom. The number of nitriles is 1. The van der Waals surface area contributed by atoms with Crippen molar-refractivity contribution < 1.29 is 19.1 Å². The van der Waals surface area contributed by atoms with Gasteiger partial charge in [0.2, 0.25) is 0 Å². The number of urea groups is 1. The maximum absolute atomic E-state index is 13.7. The van der Waals surface area contributed by atoms with E-state index in [1.807, 2.05) is 6.07 Å². The molecule has 6 nitrogen and oxygen atoms in total. The van der Waals surface area contributed by atoms with Crippen LogP contribution in [-0.4, -0.2) is 34.6 Å². The highest BCUT2D eigenvalue weighted by molar-refractivity contribution is 6.00. The summed E-state index contributed by atoms with van der Waals surface area (Å²) in [6.07, 6.45) is 0.134. The lowest BCUT2D eigenvalue weighted by molar-refractivity contribution is 0.0697. The molecule has 2 amide bonds. The van der Waals surface area contributed by atoms with Crippen molar-refractivity contribution in [1.82, 2.24) is 4.90 Å². The molecule has 0 atom stereocenters. The quantitative estimate of drug-likeness (QED) is 0.872. The van der Waals surface area contributed by atoms with Crippen molar-refractivity contribution in [1.29, 1.82) is 5.26 Å². The Bertz CT molecular complexity index is 581. The van der Waals surface area contributed by atoms with E-state index in [1.165, 1.54) is 17.0 Å². The van der Waals surface area contributed by atoms with E-state index in [1.54, 1.807) is 13.8 Å². The Kier molecular flexibility index (Phi) is 5.67. The Morgan fingerprint density at radius 2 is 2.14 bits per heavy atom. The number of nitrogens with one attached hydrogen (secondary N) is 1. The number of nitrogens with zero attached hydrogens (tertiary/aromatic N) is 2. The summed E-state index contributed by atoms with van der Waals surface area (Å²) in [7, 11) is 0. The van der Waals surface area contributed by atoms with Gasteiger partial charge in [-0.15, -0.1) is 0 Å². The summed E-state index contributed by atoms with van der Waals surface area (Å²) in [4.78, 5) is 24.5. The van der Waals surface area contributed by atoms with E-state index in [2.05, 4.69) is 5.32 Å². The van der Waals surface area contributed by atoms with Crippen molar-refractivity contribution in [2.24, 2.45) is 0 Å². The monoisotopic (exact) mass is 293 g/mol. The summed E-state index contributed by atoms with van der Waals surface area (Å²) >= 11 is 0. The van der Waals surface area contributed by atoms with Crippen molar-refractivity contribution >= 4 is 17.7 Å². The predicted octanol–water partition coefficient (Wildman–Crippen LogP) is 2.68. The van der Waals surface area contributed by atoms with Gasteiger partial charge in [-0.2, -0.15) is 5.26 Å². The summed E-state index contributed by atoms with van der Waals surface area (Å²) in [5.74, 6) is -2.16. The van der Waals surface area contributed by atoms with Gasteiger partial charge in [-0.25, -0.2) is 14.0 Å². The molecular weight excluding hydrogens is 277 g/mol. The molecular formula is C14H16FN3O3. The zero-order chi connectivity index (χ0) is 16.0. The number of carboxylic acids is 1. The number of para-hydroxylation sites is 1. The molecule has 1 rings (SSSR count). The third-order valence-electron chi connectivity index (χ3n) is 2.82. The molecule has 0 radical (unpaired) electrons. The fourth-order valence-corrected chi connectivity index (χ4v) is 1.77. The highest BCUT2D eigenvalue weighted by Crippen LogP contribution is 2.20. The molecule has 0 heterocycles. The van der Waals surface area contributed by atoms with E-state index in [0.29, 0.717) is 0 Å². The molecule has 1 aromatic rings. The normalized spacial score (nSPS) is 10.0. The molecule has 7 heteroatoms. The second-order valence-electron chi connectivity index (χ2n) is 4.59. The van der Waals surface area contributed by atoms with Gasteiger partial charge in [0.25, 0.3) is 0 Å². The number of anilines is 1. The van der Waals surface area contributed by atoms with E-state index >= 15 is 0 Å². The van der Waals surface area contributed by atoms with Gasteiger partial charge in [0.1, 0.15) is 5.82 Å². The summed E-state index contributed by atoms with van der Waals surface area (Å²) in [5.41, 5.74) is -0.704. The standard InChI is InChI=1S/C14H16FN3O3/c1-9(2)18(8-4-7-16)14(21)17-12-10(13(19)20)5-3-6-11(12)15/h3,5-6,9H,4,8H2,1-2H3,(H,17,21)(H,19,20). The molecule has 0 saturated heterocycles. The fraction of sp³-hybridized carbons (Fsp3) is 0.357. The third kappa shape index (κ3) is 4.18. The molecule has 112 valence electrons. The number of halogens is 1. The molecule has 0 bridgehead atoms. The van der Waals surface area contributed by atoms with Crippen molar-refractivity contribution in [2.45, 2.75) is 26.3 Å². The molecule has 2 N–H and O–H groups in total. The second kappa shape index (κ2) is 7.24. The maximum Gasteiger partial charge on any atom is 0.337 e. The molecule has 0 aliphatic rings. The number of aromatic carboxylic acids is 1. The summed E-state index contributed by atoms with van der Waals surface area (Å²) in [5, 5.41) is 19.9. The smallest absolute Gasteiger partial charge is 0.337 e. The Balaban J connectivity index is 3.01. The minimum atomic E-state index is -1.34. The number of carboxylic acid groups (broad SMARTS) is 1. The van der Waals surface area contributed by atoms with Crippen LogP contribution in [0.25, 0.3) is 0 Å². The molecule has 0 fully saturated rings. The molecule has 0 aliphatic carbocycles. The SMILES string of the molecule is CC(C)N(CCC#N)C(=O)Nc1c(F)cccc1C(=O)O. The summed E-state index contributed by atoms with van der Waals surface area (Å²) < 4.78 is 13.7. The van der Waals surface area contributed by atoms with Crippen LogP contribution in [-0.2, 0) is 0 Å². The van der Waals surface area contributed by atoms with E-state index < -0.39 is 17.8 Å². The molecule has 0 aromatic heterocycles. The van der Waals surface area contributed by atoms with Crippen LogP contribution in [0.1, 0.15) is 30.6 Å². The molecule has 0 aliphatic heterocycles. The van der Waals surface area contributed by atoms with Crippen LogP contribution in [0.4, 0.5) is 14.9 Å². The van der Waals surface area contributed by atoms with Gasteiger partial charge >= 0.3 is 12.0 Å². The van der Waals surface area contributed by atoms with Crippen LogP contribution in [0.15, 0.2) is 18.2 Å². The molecule has 1 aromatic carbocycles. The van der Waals surface area contributed by atoms with E-state index in [0.717, 1.165) is 6.07 Å². The minimum absolute atomic E-state index is 0.134. The first-order chi connectivity index (χ1) is 9.88. The van der Waals surface area contributed by atoms with E-state index in [9.17, 15) is 14.0 Å². The fourth-order valence-electron chi connectivity index (χ4n) is 1.77. The molecule has 0 saturated carbocycles. The van der Waals surface area contributed by atoms with Gasteiger partial charge in [-0.05, 0) is 26.0 Å². The lowest BCUT2D eigenvalue weighted by atomic mass is 10.1. The Hall–Kier alpha value is -2.62. The van der Waals surface area contributed by atoms with Crippen LogP contribution in [0.2, 0.25) is 0 Å². The average molecular weight is 293 g/mol. The summed E-state index contributed by atoms with van der Waals surface area (Å²) in [6.45, 7) is 3.67. The third-order valence-corrected chi connectivity index (χ3v) is 2.82. The number of rotatable bonds is 5. The number of hydrogen-bond donors (Lipinski definition) is 2. The Labute approximate surface area is 121 Å². The van der Waals surface area contributed by atoms with Gasteiger partial charge in [0.15, 0.2) is 0 Å². The summed E-state index contributed by atoms with van der Waals surface area (Å²) in [6, 6.07) is 4.59. The van der Waals surface area contributed by atoms with Crippen molar-refractivity contribution in [2.75, 3.05) is 11.9 Å². The first-order valence-electron chi connectivity index (χ1n) is 6.34. The number of amides is 2. The van der Waals surface area contributed by atoms with Crippen LogP contribution >= 0.6 is 0 Å². The number of hydrogen-bond acceptors (Lipinski definition) is 3. The van der Waals surface area contributed by atoms with E-state index in [-0.39, 0.29) is 30.3 Å². The van der Waals surface area contributed by atoms with Crippen molar-refractivity contribution in [3.05, 3.63) is 29.6 Å². The lowest BCUT2D eigenvalue weighted by Gasteiger charge is -2.26. The number of carbonyl (C=O) groups excluding carboxylic acids is 1. The average Bonchev–Trinajstić information content (AvgIpc) is 2.40. The second-order valence-corrected chi connectivity index (χ2v) is 4.59. The maximum atomic E-state index is 13.7. The van der Waals surface area contributed by atoms with Crippen LogP contribution in [0, 0.1) is 17.1 Å². The van der Waals surface area contributed by atoms with E-state index in [4.69, 9.17) is 10.4 Å². The van der Waals surface area contributed by atoms with Crippen LogP contribution in [0.3, 0.4) is 0 Å². The van der Waals surface area contributed by atoms with Crippen molar-refractivity contribution in [3.63, 3.8) is 0 Å². The van der Waals surface area contributed by atoms with Gasteiger partial charge in [-0.3, -0.25) is 0 Å². The van der Waals surface area contributed by atoms with Gasteiger partial charge in [-0.1, -0.05) is 6.07 Å². The lowest BCUT2D eigenvalue weighted by Crippen LogP contribution is -2.41. The van der Waals surface area contributed by atoms with Crippen LogP contribution in [0.5, 0.6) is 0 Å². The zero-order valence-electron chi connectivity index (χ0n) is 11.8. The van der Waals surface area contributed by atoms with Crippen molar-refractivity contribution in [3.8, 4) is 6.07 Å². The largest absolute Gasteiger partial charge is 0.478 e. The zero-order valence-corrected chi connectivity index (χ0v) is 11.8. The molecule has 21 heavy (non-hydrogen) atoms.